The fraction of sp³-hybridized carbons (Fsp3) is 0.533. The monoisotopic (exact) mass is 260 g/mol. The van der Waals surface area contributed by atoms with Gasteiger partial charge in [0, 0.05) is 24.3 Å². The first-order chi connectivity index (χ1) is 8.93. The van der Waals surface area contributed by atoms with Gasteiger partial charge in [0.15, 0.2) is 0 Å². The quantitative estimate of drug-likeness (QED) is 0.853. The molecular weight excluding hydrogens is 240 g/mol. The Bertz CT molecular complexity index is 493. The van der Waals surface area contributed by atoms with Crippen molar-refractivity contribution in [3.8, 4) is 6.07 Å². The van der Waals surface area contributed by atoms with Crippen molar-refractivity contribution in [3.05, 3.63) is 29.3 Å². The molecule has 0 radical (unpaired) electrons. The van der Waals surface area contributed by atoms with Crippen LogP contribution in [0.1, 0.15) is 43.9 Å². The van der Waals surface area contributed by atoms with Gasteiger partial charge in [0.1, 0.15) is 0 Å². The molecule has 0 aromatic heterocycles. The van der Waals surface area contributed by atoms with E-state index < -0.39 is 11.7 Å². The second-order valence-electron chi connectivity index (χ2n) is 5.55. The number of aliphatic hydroxyl groups is 2. The fourth-order valence-electron chi connectivity index (χ4n) is 2.47. The molecule has 2 rings (SSSR count). The van der Waals surface area contributed by atoms with Crippen LogP contribution in [-0.2, 0) is 0 Å². The lowest BCUT2D eigenvalue weighted by Crippen LogP contribution is -2.42. The standard InChI is InChI=1S/C15H20N2O2/c1-11(18)13-4-3-12(10-16)9-14(13)17-7-5-15(2,19)6-8-17/h3-4,9,11,18-19H,5-8H2,1-2H3/t11-/m0/s1. The lowest BCUT2D eigenvalue weighted by Gasteiger charge is -2.38. The van der Waals surface area contributed by atoms with Gasteiger partial charge >= 0.3 is 0 Å². The molecule has 1 fully saturated rings. The molecule has 0 aliphatic carbocycles. The SMILES string of the molecule is C[C@H](O)c1ccc(C#N)cc1N1CCC(C)(O)CC1. The Balaban J connectivity index is 2.30. The van der Waals surface area contributed by atoms with Crippen LogP contribution in [0.3, 0.4) is 0 Å². The van der Waals surface area contributed by atoms with Gasteiger partial charge < -0.3 is 15.1 Å². The van der Waals surface area contributed by atoms with E-state index in [1.807, 2.05) is 19.1 Å². The molecule has 1 aromatic rings. The highest BCUT2D eigenvalue weighted by Crippen LogP contribution is 2.32. The molecule has 0 spiro atoms. The minimum Gasteiger partial charge on any atom is -0.390 e. The van der Waals surface area contributed by atoms with E-state index in [4.69, 9.17) is 5.26 Å². The van der Waals surface area contributed by atoms with Gasteiger partial charge in [-0.3, -0.25) is 0 Å². The van der Waals surface area contributed by atoms with Crippen LogP contribution in [0.5, 0.6) is 0 Å². The van der Waals surface area contributed by atoms with Gasteiger partial charge in [0.2, 0.25) is 0 Å². The third-order valence-electron chi connectivity index (χ3n) is 3.79. The molecular formula is C15H20N2O2. The maximum Gasteiger partial charge on any atom is 0.0992 e. The number of anilines is 1. The number of aliphatic hydroxyl groups excluding tert-OH is 1. The van der Waals surface area contributed by atoms with Gasteiger partial charge in [0.25, 0.3) is 0 Å². The van der Waals surface area contributed by atoms with Crippen molar-refractivity contribution >= 4 is 5.69 Å². The van der Waals surface area contributed by atoms with Crippen molar-refractivity contribution in [2.75, 3.05) is 18.0 Å². The lowest BCUT2D eigenvalue weighted by molar-refractivity contribution is 0.0350. The second-order valence-corrected chi connectivity index (χ2v) is 5.55. The van der Waals surface area contributed by atoms with E-state index in [0.717, 1.165) is 24.3 Å². The summed E-state index contributed by atoms with van der Waals surface area (Å²) in [5.41, 5.74) is 1.73. The van der Waals surface area contributed by atoms with Gasteiger partial charge in [-0.2, -0.15) is 5.26 Å². The first-order valence-electron chi connectivity index (χ1n) is 6.62. The van der Waals surface area contributed by atoms with Crippen molar-refractivity contribution in [1.82, 2.24) is 0 Å². The summed E-state index contributed by atoms with van der Waals surface area (Å²) in [4.78, 5) is 2.14. The number of nitrogens with zero attached hydrogens (tertiary/aromatic N) is 2. The minimum atomic E-state index is -0.603. The number of benzene rings is 1. The summed E-state index contributed by atoms with van der Waals surface area (Å²) in [6.45, 7) is 5.06. The van der Waals surface area contributed by atoms with Crippen LogP contribution >= 0.6 is 0 Å². The average molecular weight is 260 g/mol. The summed E-state index contributed by atoms with van der Waals surface area (Å²) >= 11 is 0. The van der Waals surface area contributed by atoms with Crippen molar-refractivity contribution < 1.29 is 10.2 Å². The number of hydrogen-bond acceptors (Lipinski definition) is 4. The zero-order chi connectivity index (χ0) is 14.0. The third kappa shape index (κ3) is 3.06. The number of nitriles is 1. The van der Waals surface area contributed by atoms with Crippen LogP contribution in [0.4, 0.5) is 5.69 Å². The third-order valence-corrected chi connectivity index (χ3v) is 3.79. The molecule has 0 saturated carbocycles. The number of hydrogen-bond donors (Lipinski definition) is 2. The Morgan fingerprint density at radius 3 is 2.53 bits per heavy atom. The average Bonchev–Trinajstić information content (AvgIpc) is 2.38. The first-order valence-corrected chi connectivity index (χ1v) is 6.62. The van der Waals surface area contributed by atoms with Gasteiger partial charge in [0.05, 0.1) is 23.3 Å². The Morgan fingerprint density at radius 2 is 2.00 bits per heavy atom. The molecule has 0 unspecified atom stereocenters. The summed E-state index contributed by atoms with van der Waals surface area (Å²) in [5, 5.41) is 28.8. The van der Waals surface area contributed by atoms with Crippen LogP contribution in [-0.4, -0.2) is 28.9 Å². The number of rotatable bonds is 2. The zero-order valence-electron chi connectivity index (χ0n) is 11.4. The fourth-order valence-corrected chi connectivity index (χ4v) is 2.47. The van der Waals surface area contributed by atoms with Gasteiger partial charge in [-0.15, -0.1) is 0 Å². The molecule has 4 heteroatoms. The summed E-state index contributed by atoms with van der Waals surface area (Å²) in [6, 6.07) is 7.49. The van der Waals surface area contributed by atoms with E-state index in [9.17, 15) is 10.2 Å². The van der Waals surface area contributed by atoms with Crippen molar-refractivity contribution in [2.24, 2.45) is 0 Å². The van der Waals surface area contributed by atoms with Crippen LogP contribution < -0.4 is 4.90 Å². The molecule has 0 amide bonds. The van der Waals surface area contributed by atoms with Gasteiger partial charge in [-0.05, 0) is 38.8 Å². The second kappa shape index (κ2) is 5.20. The Labute approximate surface area is 113 Å². The van der Waals surface area contributed by atoms with Crippen LogP contribution in [0.2, 0.25) is 0 Å². The molecule has 0 bridgehead atoms. The van der Waals surface area contributed by atoms with Crippen LogP contribution in [0.25, 0.3) is 0 Å². The summed E-state index contributed by atoms with van der Waals surface area (Å²) in [5.74, 6) is 0. The Morgan fingerprint density at radius 1 is 1.37 bits per heavy atom. The van der Waals surface area contributed by atoms with Crippen molar-refractivity contribution in [1.29, 1.82) is 5.26 Å². The van der Waals surface area contributed by atoms with E-state index in [-0.39, 0.29) is 0 Å². The minimum absolute atomic E-state index is 0.565. The van der Waals surface area contributed by atoms with E-state index in [1.165, 1.54) is 0 Å². The van der Waals surface area contributed by atoms with Crippen molar-refractivity contribution in [3.63, 3.8) is 0 Å². The molecule has 1 heterocycles. The Kier molecular flexibility index (Phi) is 3.79. The molecule has 1 aliphatic rings. The summed E-state index contributed by atoms with van der Waals surface area (Å²) in [7, 11) is 0. The van der Waals surface area contributed by atoms with Crippen LogP contribution in [0, 0.1) is 11.3 Å². The topological polar surface area (TPSA) is 67.5 Å². The zero-order valence-corrected chi connectivity index (χ0v) is 11.4. The molecule has 1 atom stereocenters. The highest BCUT2D eigenvalue weighted by molar-refractivity contribution is 5.58. The molecule has 102 valence electrons. The number of piperidine rings is 1. The smallest absolute Gasteiger partial charge is 0.0992 e. The molecule has 1 aliphatic heterocycles. The largest absolute Gasteiger partial charge is 0.390 e. The highest BCUT2D eigenvalue weighted by atomic mass is 16.3. The predicted octanol–water partition coefficient (Wildman–Crippen LogP) is 1.96. The molecule has 19 heavy (non-hydrogen) atoms. The van der Waals surface area contributed by atoms with Crippen molar-refractivity contribution in [2.45, 2.75) is 38.4 Å². The Hall–Kier alpha value is -1.57. The van der Waals surface area contributed by atoms with E-state index in [0.29, 0.717) is 18.4 Å². The van der Waals surface area contributed by atoms with Gasteiger partial charge in [-0.25, -0.2) is 0 Å². The lowest BCUT2D eigenvalue weighted by atomic mass is 9.92. The van der Waals surface area contributed by atoms with E-state index >= 15 is 0 Å². The first kappa shape index (κ1) is 13.9. The van der Waals surface area contributed by atoms with Gasteiger partial charge in [-0.1, -0.05) is 6.07 Å². The maximum absolute atomic E-state index is 9.99. The molecule has 2 N–H and O–H groups in total. The molecule has 1 aromatic carbocycles. The summed E-state index contributed by atoms with van der Waals surface area (Å²) < 4.78 is 0. The normalized spacial score (nSPS) is 19.8. The van der Waals surface area contributed by atoms with E-state index in [2.05, 4.69) is 11.0 Å². The maximum atomic E-state index is 9.99. The highest BCUT2D eigenvalue weighted by Gasteiger charge is 2.28. The van der Waals surface area contributed by atoms with Crippen LogP contribution in [0.15, 0.2) is 18.2 Å². The summed E-state index contributed by atoms with van der Waals surface area (Å²) in [6.07, 6.45) is 0.830. The van der Waals surface area contributed by atoms with E-state index in [1.54, 1.807) is 13.0 Å². The predicted molar refractivity (Wildman–Crippen MR) is 73.9 cm³/mol. The molecule has 1 saturated heterocycles. The molecule has 4 nitrogen and oxygen atoms in total.